The summed E-state index contributed by atoms with van der Waals surface area (Å²) >= 11 is 6.73. The molecule has 4 aromatic rings. The van der Waals surface area contributed by atoms with Gasteiger partial charge in [0.2, 0.25) is 0 Å². The van der Waals surface area contributed by atoms with E-state index in [2.05, 4.69) is 47.8 Å². The van der Waals surface area contributed by atoms with Crippen molar-refractivity contribution in [3.05, 3.63) is 64.2 Å². The molecule has 3 aromatic heterocycles. The number of halogens is 1. The Balaban J connectivity index is 0.000000659. The lowest BCUT2D eigenvalue weighted by molar-refractivity contribution is 0.277. The van der Waals surface area contributed by atoms with E-state index in [0.29, 0.717) is 5.75 Å². The van der Waals surface area contributed by atoms with Gasteiger partial charge in [0.1, 0.15) is 5.75 Å². The molecule has 1 N–H and O–H groups in total. The van der Waals surface area contributed by atoms with Crippen LogP contribution in [0.5, 0.6) is 5.75 Å². The smallest absolute Gasteiger partial charge is 0.150 e. The van der Waals surface area contributed by atoms with Crippen LogP contribution in [0.15, 0.2) is 64.2 Å². The molecule has 0 aliphatic carbocycles. The molecule has 0 spiro atoms. The highest BCUT2D eigenvalue weighted by Crippen LogP contribution is 2.46. The van der Waals surface area contributed by atoms with Crippen molar-refractivity contribution in [1.29, 1.82) is 0 Å². The summed E-state index contributed by atoms with van der Waals surface area (Å²) in [6.45, 7) is 1.92. The molecular formula is C20H19BrN2O2S2. The fourth-order valence-electron chi connectivity index (χ4n) is 2.56. The van der Waals surface area contributed by atoms with E-state index in [9.17, 15) is 5.11 Å². The molecule has 0 aliphatic heterocycles. The highest BCUT2D eigenvalue weighted by molar-refractivity contribution is 9.10. The Kier molecular flexibility index (Phi) is 6.59. The van der Waals surface area contributed by atoms with E-state index in [1.54, 1.807) is 37.5 Å². The summed E-state index contributed by atoms with van der Waals surface area (Å²) in [5, 5.41) is 11.2. The summed E-state index contributed by atoms with van der Waals surface area (Å²) in [7, 11) is 3.25. The molecule has 0 amide bonds. The minimum Gasteiger partial charge on any atom is -0.506 e. The van der Waals surface area contributed by atoms with Gasteiger partial charge in [0, 0.05) is 47.3 Å². The average molecular weight is 463 g/mol. The van der Waals surface area contributed by atoms with E-state index in [1.165, 1.54) is 0 Å². The van der Waals surface area contributed by atoms with Gasteiger partial charge in [-0.1, -0.05) is 18.2 Å². The van der Waals surface area contributed by atoms with E-state index < -0.39 is 0 Å². The van der Waals surface area contributed by atoms with Crippen LogP contribution < -0.4 is 0 Å². The van der Waals surface area contributed by atoms with Crippen molar-refractivity contribution >= 4 is 50.2 Å². The van der Waals surface area contributed by atoms with Gasteiger partial charge < -0.3 is 9.84 Å². The molecule has 0 saturated carbocycles. The Hall–Kier alpha value is -1.80. The predicted octanol–water partition coefficient (Wildman–Crippen LogP) is 6.36. The molecule has 140 valence electrons. The number of hydrogen-bond donors (Lipinski definition) is 1. The zero-order valence-corrected chi connectivity index (χ0v) is 18.4. The summed E-state index contributed by atoms with van der Waals surface area (Å²) in [4.78, 5) is 7.64. The Bertz CT molecular complexity index is 1050. The number of fused-ring (bicyclic) bond motifs is 1. The summed E-state index contributed by atoms with van der Waals surface area (Å²) in [6.07, 6.45) is 3.85. The van der Waals surface area contributed by atoms with Gasteiger partial charge >= 0.3 is 0 Å². The zero-order chi connectivity index (χ0) is 19.4. The van der Waals surface area contributed by atoms with E-state index in [0.717, 1.165) is 35.7 Å². The molecule has 4 nitrogen and oxygen atoms in total. The summed E-state index contributed by atoms with van der Waals surface area (Å²) in [5.41, 5.74) is 1.99. The van der Waals surface area contributed by atoms with Crippen LogP contribution >= 0.6 is 39.2 Å². The number of aryl methyl sites for hydroxylation is 1. The third-order valence-corrected chi connectivity index (χ3v) is 6.88. The third-order valence-electron chi connectivity index (χ3n) is 3.74. The lowest BCUT2D eigenvalue weighted by Gasteiger charge is -2.05. The van der Waals surface area contributed by atoms with Gasteiger partial charge in [-0.2, -0.15) is 0 Å². The van der Waals surface area contributed by atoms with E-state index in [4.69, 9.17) is 0 Å². The van der Waals surface area contributed by atoms with E-state index in [-0.39, 0.29) is 0 Å². The lowest BCUT2D eigenvalue weighted by atomic mass is 10.1. The number of benzene rings is 1. The molecule has 0 unspecified atom stereocenters. The molecule has 27 heavy (non-hydrogen) atoms. The van der Waals surface area contributed by atoms with Gasteiger partial charge in [-0.25, -0.2) is 4.98 Å². The Morgan fingerprint density at radius 2 is 1.85 bits per heavy atom. The maximum atomic E-state index is 10.1. The number of hydrogen-bond acceptors (Lipinski definition) is 5. The maximum absolute atomic E-state index is 10.1. The molecule has 7 heteroatoms. The van der Waals surface area contributed by atoms with Gasteiger partial charge in [-0.3, -0.25) is 3.97 Å². The van der Waals surface area contributed by atoms with Gasteiger partial charge in [0.15, 0.2) is 5.65 Å². The number of pyridine rings is 1. The van der Waals surface area contributed by atoms with Gasteiger partial charge in [-0.05, 0) is 59.1 Å². The molecule has 0 atom stereocenters. The van der Waals surface area contributed by atoms with Crippen molar-refractivity contribution in [2.75, 3.05) is 14.2 Å². The standard InChI is InChI=1S/C18H13BrN2OS2.C2H6O/c1-11-16(22)15(19)17(23-11)13-7-9-20-18-14(13)8-10-21(18)24-12-5-3-2-4-6-12;1-3-2/h2-10,22H,1H3;1-2H3. The second-order valence-corrected chi connectivity index (χ2v) is 8.76. The van der Waals surface area contributed by atoms with E-state index in [1.807, 2.05) is 43.6 Å². The number of ether oxygens (including phenoxy) is 1. The Labute approximate surface area is 175 Å². The predicted molar refractivity (Wildman–Crippen MR) is 118 cm³/mol. The Morgan fingerprint density at radius 1 is 1.15 bits per heavy atom. The normalized spacial score (nSPS) is 10.7. The highest BCUT2D eigenvalue weighted by Gasteiger charge is 2.17. The van der Waals surface area contributed by atoms with Crippen molar-refractivity contribution < 1.29 is 9.84 Å². The third kappa shape index (κ3) is 4.21. The molecule has 3 heterocycles. The average Bonchev–Trinajstić information content (AvgIpc) is 3.20. The van der Waals surface area contributed by atoms with Crippen LogP contribution in [-0.2, 0) is 4.74 Å². The number of methoxy groups -OCH3 is 1. The first-order valence-electron chi connectivity index (χ1n) is 8.14. The monoisotopic (exact) mass is 462 g/mol. The van der Waals surface area contributed by atoms with Crippen LogP contribution in [0.2, 0.25) is 0 Å². The summed E-state index contributed by atoms with van der Waals surface area (Å²) < 4.78 is 7.07. The second-order valence-electron chi connectivity index (χ2n) is 5.70. The first kappa shape index (κ1) is 19.9. The first-order valence-corrected chi connectivity index (χ1v) is 10.5. The molecular weight excluding hydrogens is 444 g/mol. The van der Waals surface area contributed by atoms with Crippen molar-refractivity contribution in [3.8, 4) is 16.2 Å². The number of rotatable bonds is 3. The Morgan fingerprint density at radius 3 is 2.48 bits per heavy atom. The maximum Gasteiger partial charge on any atom is 0.150 e. The van der Waals surface area contributed by atoms with Crippen LogP contribution in [-0.4, -0.2) is 28.3 Å². The highest BCUT2D eigenvalue weighted by atomic mass is 79.9. The molecule has 4 rings (SSSR count). The van der Waals surface area contributed by atoms with Crippen LogP contribution in [0.25, 0.3) is 21.5 Å². The minimum atomic E-state index is 0.318. The lowest BCUT2D eigenvalue weighted by Crippen LogP contribution is -1.88. The van der Waals surface area contributed by atoms with Gasteiger partial charge in [0.25, 0.3) is 0 Å². The van der Waals surface area contributed by atoms with Crippen LogP contribution in [0.4, 0.5) is 0 Å². The van der Waals surface area contributed by atoms with Crippen molar-refractivity contribution in [1.82, 2.24) is 8.96 Å². The van der Waals surface area contributed by atoms with Crippen LogP contribution in [0.3, 0.4) is 0 Å². The molecule has 1 aromatic carbocycles. The number of nitrogens with zero attached hydrogens (tertiary/aromatic N) is 2. The van der Waals surface area contributed by atoms with Gasteiger partial charge in [0.05, 0.1) is 9.35 Å². The molecule has 0 aliphatic rings. The van der Waals surface area contributed by atoms with Crippen molar-refractivity contribution in [2.24, 2.45) is 0 Å². The number of aromatic nitrogens is 2. The van der Waals surface area contributed by atoms with Crippen LogP contribution in [0, 0.1) is 6.92 Å². The first-order chi connectivity index (χ1) is 13.1. The topological polar surface area (TPSA) is 47.3 Å². The largest absolute Gasteiger partial charge is 0.506 e. The number of aromatic hydroxyl groups is 1. The SMILES string of the molecule is COC.Cc1sc(-c2ccnc3c2ccn3Sc2ccccc2)c(Br)c1O. The molecule has 0 bridgehead atoms. The summed E-state index contributed by atoms with van der Waals surface area (Å²) in [5.74, 6) is 0.318. The molecule has 0 radical (unpaired) electrons. The van der Waals surface area contributed by atoms with Gasteiger partial charge in [-0.15, -0.1) is 11.3 Å². The van der Waals surface area contributed by atoms with Crippen molar-refractivity contribution in [3.63, 3.8) is 0 Å². The molecule has 0 fully saturated rings. The zero-order valence-electron chi connectivity index (χ0n) is 15.1. The summed E-state index contributed by atoms with van der Waals surface area (Å²) in [6, 6.07) is 14.3. The fourth-order valence-corrected chi connectivity index (χ4v) is 5.29. The second kappa shape index (κ2) is 8.93. The fraction of sp³-hybridized carbons (Fsp3) is 0.150. The van der Waals surface area contributed by atoms with Crippen molar-refractivity contribution in [2.45, 2.75) is 11.8 Å². The number of thiophene rings is 1. The van der Waals surface area contributed by atoms with E-state index >= 15 is 0 Å². The minimum absolute atomic E-state index is 0.318. The van der Waals surface area contributed by atoms with Crippen LogP contribution in [0.1, 0.15) is 4.88 Å². The quantitative estimate of drug-likeness (QED) is 0.384. The molecule has 0 saturated heterocycles.